The predicted octanol–water partition coefficient (Wildman–Crippen LogP) is 3.95. The molecule has 0 saturated carbocycles. The number of benzene rings is 2. The second kappa shape index (κ2) is 7.17. The van der Waals surface area contributed by atoms with Crippen LogP contribution in [-0.2, 0) is 0 Å². The van der Waals surface area contributed by atoms with Gasteiger partial charge in [0.05, 0.1) is 5.56 Å². The van der Waals surface area contributed by atoms with Gasteiger partial charge in [-0.2, -0.15) is 0 Å². The summed E-state index contributed by atoms with van der Waals surface area (Å²) in [6.45, 7) is 6.15. The molecule has 1 heterocycles. The van der Waals surface area contributed by atoms with Crippen LogP contribution in [0.25, 0.3) is 22.9 Å². The van der Waals surface area contributed by atoms with Crippen molar-refractivity contribution >= 4 is 11.7 Å². The molecule has 0 bridgehead atoms. The molecule has 3 rings (SSSR count). The Morgan fingerprint density at radius 2 is 1.40 bits per heavy atom. The van der Waals surface area contributed by atoms with E-state index >= 15 is 0 Å². The van der Waals surface area contributed by atoms with E-state index in [0.29, 0.717) is 17.3 Å². The van der Waals surface area contributed by atoms with Crippen LogP contribution in [0.5, 0.6) is 0 Å². The van der Waals surface area contributed by atoms with Gasteiger partial charge in [0, 0.05) is 29.9 Å². The SMILES string of the molecule is CCN(CC)c1ccc(-c2nnc(-c3ccc(C(=O)O)cc3)o2)cc1. The van der Waals surface area contributed by atoms with E-state index in [2.05, 4.69) is 28.9 Å². The van der Waals surface area contributed by atoms with Crippen LogP contribution in [0.1, 0.15) is 24.2 Å². The van der Waals surface area contributed by atoms with Crippen molar-refractivity contribution in [2.45, 2.75) is 13.8 Å². The van der Waals surface area contributed by atoms with Crippen molar-refractivity contribution in [3.8, 4) is 22.9 Å². The lowest BCUT2D eigenvalue weighted by atomic mass is 10.1. The van der Waals surface area contributed by atoms with Crippen LogP contribution in [-0.4, -0.2) is 34.4 Å². The number of aromatic nitrogens is 2. The van der Waals surface area contributed by atoms with Crippen molar-refractivity contribution in [2.75, 3.05) is 18.0 Å². The number of carbonyl (C=O) groups is 1. The number of carboxylic acid groups (broad SMARTS) is 1. The third-order valence-corrected chi connectivity index (χ3v) is 4.05. The normalized spacial score (nSPS) is 10.6. The van der Waals surface area contributed by atoms with E-state index in [1.54, 1.807) is 12.1 Å². The average molecular weight is 337 g/mol. The van der Waals surface area contributed by atoms with Gasteiger partial charge in [-0.1, -0.05) is 0 Å². The first-order valence-electron chi connectivity index (χ1n) is 8.15. The summed E-state index contributed by atoms with van der Waals surface area (Å²) in [4.78, 5) is 13.2. The summed E-state index contributed by atoms with van der Waals surface area (Å²) >= 11 is 0. The zero-order valence-corrected chi connectivity index (χ0v) is 14.1. The number of hydrogen-bond donors (Lipinski definition) is 1. The number of anilines is 1. The lowest BCUT2D eigenvalue weighted by Gasteiger charge is -2.20. The smallest absolute Gasteiger partial charge is 0.335 e. The molecule has 128 valence electrons. The zero-order chi connectivity index (χ0) is 17.8. The second-order valence-corrected chi connectivity index (χ2v) is 5.51. The van der Waals surface area contributed by atoms with E-state index < -0.39 is 5.97 Å². The monoisotopic (exact) mass is 337 g/mol. The fourth-order valence-electron chi connectivity index (χ4n) is 2.62. The minimum absolute atomic E-state index is 0.218. The van der Waals surface area contributed by atoms with Crippen LogP contribution in [0.4, 0.5) is 5.69 Å². The Kier molecular flexibility index (Phi) is 4.79. The van der Waals surface area contributed by atoms with Crippen LogP contribution < -0.4 is 4.90 Å². The molecule has 0 aliphatic heterocycles. The third kappa shape index (κ3) is 3.52. The zero-order valence-electron chi connectivity index (χ0n) is 14.1. The molecular weight excluding hydrogens is 318 g/mol. The Balaban J connectivity index is 1.82. The van der Waals surface area contributed by atoms with Crippen LogP contribution in [0, 0.1) is 0 Å². The summed E-state index contributed by atoms with van der Waals surface area (Å²) in [5, 5.41) is 17.1. The van der Waals surface area contributed by atoms with E-state index in [-0.39, 0.29) is 5.56 Å². The van der Waals surface area contributed by atoms with Gasteiger partial charge in [-0.15, -0.1) is 10.2 Å². The number of rotatable bonds is 6. The molecule has 1 N–H and O–H groups in total. The topological polar surface area (TPSA) is 79.5 Å². The first-order chi connectivity index (χ1) is 12.1. The van der Waals surface area contributed by atoms with E-state index in [0.717, 1.165) is 24.3 Å². The molecule has 0 unspecified atom stereocenters. The summed E-state index contributed by atoms with van der Waals surface area (Å²) in [7, 11) is 0. The molecule has 0 amide bonds. The van der Waals surface area contributed by atoms with Gasteiger partial charge in [0.25, 0.3) is 0 Å². The molecular formula is C19H19N3O3. The van der Waals surface area contributed by atoms with Crippen molar-refractivity contribution in [1.29, 1.82) is 0 Å². The molecule has 6 heteroatoms. The molecule has 1 aromatic heterocycles. The van der Waals surface area contributed by atoms with E-state index in [1.165, 1.54) is 12.1 Å². The van der Waals surface area contributed by atoms with Gasteiger partial charge in [0.2, 0.25) is 11.8 Å². The van der Waals surface area contributed by atoms with E-state index in [1.807, 2.05) is 24.3 Å². The lowest BCUT2D eigenvalue weighted by Crippen LogP contribution is -2.21. The van der Waals surface area contributed by atoms with Gasteiger partial charge in [-0.25, -0.2) is 4.79 Å². The second-order valence-electron chi connectivity index (χ2n) is 5.51. The fourth-order valence-corrected chi connectivity index (χ4v) is 2.62. The van der Waals surface area contributed by atoms with Crippen LogP contribution in [0.3, 0.4) is 0 Å². The summed E-state index contributed by atoms with van der Waals surface area (Å²) in [5.74, 6) is -0.172. The summed E-state index contributed by atoms with van der Waals surface area (Å²) in [6, 6.07) is 14.3. The number of hydrogen-bond acceptors (Lipinski definition) is 5. The Bertz CT molecular complexity index is 850. The molecule has 0 spiro atoms. The van der Waals surface area contributed by atoms with Crippen molar-refractivity contribution in [2.24, 2.45) is 0 Å². The van der Waals surface area contributed by atoms with Crippen LogP contribution in [0.2, 0.25) is 0 Å². The van der Waals surface area contributed by atoms with Gasteiger partial charge in [-0.05, 0) is 62.4 Å². The molecule has 25 heavy (non-hydrogen) atoms. The summed E-state index contributed by atoms with van der Waals surface area (Å²) in [5.41, 5.74) is 2.90. The van der Waals surface area contributed by atoms with Crippen LogP contribution >= 0.6 is 0 Å². The largest absolute Gasteiger partial charge is 0.478 e. The molecule has 0 aliphatic rings. The molecule has 0 radical (unpaired) electrons. The number of aromatic carboxylic acids is 1. The van der Waals surface area contributed by atoms with Crippen molar-refractivity contribution in [3.63, 3.8) is 0 Å². The first kappa shape index (κ1) is 16.7. The van der Waals surface area contributed by atoms with Gasteiger partial charge in [0.1, 0.15) is 0 Å². The van der Waals surface area contributed by atoms with Crippen LogP contribution in [0.15, 0.2) is 52.9 Å². The van der Waals surface area contributed by atoms with Crippen molar-refractivity contribution in [1.82, 2.24) is 10.2 Å². The maximum Gasteiger partial charge on any atom is 0.335 e. The van der Waals surface area contributed by atoms with Gasteiger partial charge >= 0.3 is 5.97 Å². The minimum Gasteiger partial charge on any atom is -0.478 e. The fraction of sp³-hybridized carbons (Fsp3) is 0.211. The Morgan fingerprint density at radius 1 is 0.920 bits per heavy atom. The van der Waals surface area contributed by atoms with E-state index in [4.69, 9.17) is 9.52 Å². The first-order valence-corrected chi connectivity index (χ1v) is 8.15. The van der Waals surface area contributed by atoms with Gasteiger partial charge in [-0.3, -0.25) is 0 Å². The molecule has 0 aliphatic carbocycles. The maximum absolute atomic E-state index is 10.9. The van der Waals surface area contributed by atoms with E-state index in [9.17, 15) is 4.79 Å². The van der Waals surface area contributed by atoms with Gasteiger partial charge < -0.3 is 14.4 Å². The molecule has 0 atom stereocenters. The molecule has 0 fully saturated rings. The Hall–Kier alpha value is -3.15. The highest BCUT2D eigenvalue weighted by atomic mass is 16.4. The molecule has 3 aromatic rings. The summed E-state index contributed by atoms with van der Waals surface area (Å²) < 4.78 is 5.73. The minimum atomic E-state index is -0.967. The number of carboxylic acids is 1. The lowest BCUT2D eigenvalue weighted by molar-refractivity contribution is 0.0697. The highest BCUT2D eigenvalue weighted by Crippen LogP contribution is 2.26. The highest BCUT2D eigenvalue weighted by Gasteiger charge is 2.12. The maximum atomic E-state index is 10.9. The number of nitrogens with zero attached hydrogens (tertiary/aromatic N) is 3. The molecule has 0 saturated heterocycles. The predicted molar refractivity (Wildman–Crippen MR) is 95.7 cm³/mol. The van der Waals surface area contributed by atoms with Crippen molar-refractivity contribution in [3.05, 3.63) is 54.1 Å². The quantitative estimate of drug-likeness (QED) is 0.734. The third-order valence-electron chi connectivity index (χ3n) is 4.05. The molecule has 2 aromatic carbocycles. The van der Waals surface area contributed by atoms with Crippen molar-refractivity contribution < 1.29 is 14.3 Å². The van der Waals surface area contributed by atoms with Gasteiger partial charge in [0.15, 0.2) is 0 Å². The Labute approximate surface area is 145 Å². The highest BCUT2D eigenvalue weighted by molar-refractivity contribution is 5.88. The average Bonchev–Trinajstić information content (AvgIpc) is 3.13. The summed E-state index contributed by atoms with van der Waals surface area (Å²) in [6.07, 6.45) is 0. The standard InChI is InChI=1S/C19H19N3O3/c1-3-22(4-2)16-11-9-14(10-12-16)18-21-20-17(25-18)13-5-7-15(8-6-13)19(23)24/h5-12H,3-4H2,1-2H3,(H,23,24). The molecule has 6 nitrogen and oxygen atoms in total. The Morgan fingerprint density at radius 3 is 1.84 bits per heavy atom.